The van der Waals surface area contributed by atoms with E-state index in [9.17, 15) is 0 Å². The summed E-state index contributed by atoms with van der Waals surface area (Å²) in [5.74, 6) is 0. The first-order valence-corrected chi connectivity index (χ1v) is 4.20. The summed E-state index contributed by atoms with van der Waals surface area (Å²) in [5, 5.41) is 12.3. The number of anilines is 1. The van der Waals surface area contributed by atoms with Crippen molar-refractivity contribution < 1.29 is 5.11 Å². The molecule has 1 saturated carbocycles. The van der Waals surface area contributed by atoms with Crippen molar-refractivity contribution in [2.75, 3.05) is 5.32 Å². The second-order valence-corrected chi connectivity index (χ2v) is 3.11. The maximum atomic E-state index is 8.97. The first-order chi connectivity index (χ1) is 5.90. The highest BCUT2D eigenvalue weighted by Crippen LogP contribution is 2.26. The lowest BCUT2D eigenvalue weighted by atomic mass is 10.2. The zero-order valence-electron chi connectivity index (χ0n) is 6.83. The molecule has 1 fully saturated rings. The molecule has 2 rings (SSSR count). The van der Waals surface area contributed by atoms with Crippen LogP contribution in [0.2, 0.25) is 0 Å². The summed E-state index contributed by atoms with van der Waals surface area (Å²) in [6, 6.07) is 2.53. The van der Waals surface area contributed by atoms with Gasteiger partial charge in [0.05, 0.1) is 6.61 Å². The van der Waals surface area contributed by atoms with Crippen LogP contribution in [-0.2, 0) is 6.61 Å². The molecule has 1 heterocycles. The maximum absolute atomic E-state index is 8.97. The number of nitrogens with one attached hydrogen (secondary N) is 1. The topological polar surface area (TPSA) is 45.2 Å². The number of aliphatic hydroxyl groups excluding tert-OH is 1. The molecule has 0 saturated heterocycles. The number of hydrogen-bond acceptors (Lipinski definition) is 3. The van der Waals surface area contributed by atoms with Crippen LogP contribution in [0.4, 0.5) is 5.69 Å². The van der Waals surface area contributed by atoms with Crippen LogP contribution in [0.5, 0.6) is 0 Å². The van der Waals surface area contributed by atoms with E-state index in [1.165, 1.54) is 12.8 Å². The smallest absolute Gasteiger partial charge is 0.0717 e. The van der Waals surface area contributed by atoms with Gasteiger partial charge in [-0.15, -0.1) is 0 Å². The molecule has 0 aliphatic heterocycles. The Bertz CT molecular complexity index is 271. The zero-order chi connectivity index (χ0) is 8.39. The maximum Gasteiger partial charge on any atom is 0.0717 e. The van der Waals surface area contributed by atoms with E-state index in [-0.39, 0.29) is 6.61 Å². The summed E-state index contributed by atoms with van der Waals surface area (Å²) in [5.41, 5.74) is 1.90. The number of aliphatic hydroxyl groups is 1. The van der Waals surface area contributed by atoms with Crippen molar-refractivity contribution in [3.05, 3.63) is 24.0 Å². The van der Waals surface area contributed by atoms with E-state index in [1.54, 1.807) is 12.4 Å². The molecule has 64 valence electrons. The number of nitrogens with zero attached hydrogens (tertiary/aromatic N) is 1. The first-order valence-electron chi connectivity index (χ1n) is 4.20. The van der Waals surface area contributed by atoms with Gasteiger partial charge in [0, 0.05) is 29.7 Å². The summed E-state index contributed by atoms with van der Waals surface area (Å²) < 4.78 is 0. The molecule has 0 aromatic carbocycles. The van der Waals surface area contributed by atoms with Crippen molar-refractivity contribution in [3.8, 4) is 0 Å². The number of hydrogen-bond donors (Lipinski definition) is 2. The lowest BCUT2D eigenvalue weighted by molar-refractivity contribution is 0.282. The van der Waals surface area contributed by atoms with Crippen LogP contribution in [0.1, 0.15) is 18.4 Å². The first kappa shape index (κ1) is 7.55. The van der Waals surface area contributed by atoms with Crippen molar-refractivity contribution in [2.24, 2.45) is 0 Å². The molecule has 0 bridgehead atoms. The third-order valence-corrected chi connectivity index (χ3v) is 2.01. The third kappa shape index (κ3) is 1.56. The predicted octanol–water partition coefficient (Wildman–Crippen LogP) is 1.15. The molecule has 0 amide bonds. The highest BCUT2D eigenvalue weighted by molar-refractivity contribution is 5.50. The van der Waals surface area contributed by atoms with E-state index in [0.29, 0.717) is 6.04 Å². The molecule has 0 radical (unpaired) electrons. The molecule has 0 unspecified atom stereocenters. The van der Waals surface area contributed by atoms with Crippen molar-refractivity contribution in [2.45, 2.75) is 25.5 Å². The van der Waals surface area contributed by atoms with Crippen LogP contribution in [0.25, 0.3) is 0 Å². The van der Waals surface area contributed by atoms with E-state index in [1.807, 2.05) is 6.07 Å². The zero-order valence-corrected chi connectivity index (χ0v) is 6.83. The Kier molecular flexibility index (Phi) is 1.96. The summed E-state index contributed by atoms with van der Waals surface area (Å²) >= 11 is 0. The van der Waals surface area contributed by atoms with Gasteiger partial charge in [-0.25, -0.2) is 0 Å². The number of rotatable bonds is 3. The Morgan fingerprint density at radius 3 is 3.08 bits per heavy atom. The molecule has 2 N–H and O–H groups in total. The normalized spacial score (nSPS) is 16.1. The van der Waals surface area contributed by atoms with Crippen molar-refractivity contribution >= 4 is 5.69 Å². The molecule has 3 nitrogen and oxygen atoms in total. The van der Waals surface area contributed by atoms with Gasteiger partial charge in [0.2, 0.25) is 0 Å². The van der Waals surface area contributed by atoms with Crippen LogP contribution in [0.15, 0.2) is 18.5 Å². The summed E-state index contributed by atoms with van der Waals surface area (Å²) in [7, 11) is 0. The highest BCUT2D eigenvalue weighted by atomic mass is 16.3. The minimum Gasteiger partial charge on any atom is -0.392 e. The second kappa shape index (κ2) is 3.11. The van der Waals surface area contributed by atoms with E-state index < -0.39 is 0 Å². The van der Waals surface area contributed by atoms with Gasteiger partial charge < -0.3 is 10.4 Å². The molecule has 1 aromatic heterocycles. The van der Waals surface area contributed by atoms with E-state index in [0.717, 1.165) is 11.3 Å². The van der Waals surface area contributed by atoms with E-state index in [4.69, 9.17) is 5.11 Å². The number of aromatic nitrogens is 1. The molecule has 1 aromatic rings. The van der Waals surface area contributed by atoms with Crippen LogP contribution in [0.3, 0.4) is 0 Å². The molecule has 1 aliphatic carbocycles. The summed E-state index contributed by atoms with van der Waals surface area (Å²) in [6.45, 7) is 0.0584. The Balaban J connectivity index is 2.15. The lowest BCUT2D eigenvalue weighted by Crippen LogP contribution is -2.04. The molecule has 12 heavy (non-hydrogen) atoms. The summed E-state index contributed by atoms with van der Waals surface area (Å²) in [6.07, 6.45) is 5.93. The average molecular weight is 164 g/mol. The molecule has 3 heteroatoms. The van der Waals surface area contributed by atoms with Gasteiger partial charge in [0.15, 0.2) is 0 Å². The molecule has 1 aliphatic rings. The minimum absolute atomic E-state index is 0.0584. The molecular weight excluding hydrogens is 152 g/mol. The van der Waals surface area contributed by atoms with Gasteiger partial charge in [0.25, 0.3) is 0 Å². The van der Waals surface area contributed by atoms with Crippen molar-refractivity contribution in [1.82, 2.24) is 4.98 Å². The van der Waals surface area contributed by atoms with Crippen LogP contribution < -0.4 is 5.32 Å². The molecular formula is C9H12N2O. The van der Waals surface area contributed by atoms with E-state index >= 15 is 0 Å². The van der Waals surface area contributed by atoms with Crippen molar-refractivity contribution in [1.29, 1.82) is 0 Å². The van der Waals surface area contributed by atoms with Crippen molar-refractivity contribution in [3.63, 3.8) is 0 Å². The third-order valence-electron chi connectivity index (χ3n) is 2.01. The molecule has 0 spiro atoms. The fraction of sp³-hybridized carbons (Fsp3) is 0.444. The molecule has 0 atom stereocenters. The van der Waals surface area contributed by atoms with Gasteiger partial charge >= 0.3 is 0 Å². The largest absolute Gasteiger partial charge is 0.392 e. The predicted molar refractivity (Wildman–Crippen MR) is 46.8 cm³/mol. The Morgan fingerprint density at radius 1 is 1.58 bits per heavy atom. The van der Waals surface area contributed by atoms with Gasteiger partial charge in [-0.2, -0.15) is 0 Å². The Hall–Kier alpha value is -1.09. The van der Waals surface area contributed by atoms with Gasteiger partial charge in [0.1, 0.15) is 0 Å². The highest BCUT2D eigenvalue weighted by Gasteiger charge is 2.21. The van der Waals surface area contributed by atoms with Gasteiger partial charge in [-0.1, -0.05) is 0 Å². The summed E-state index contributed by atoms with van der Waals surface area (Å²) in [4.78, 5) is 3.94. The minimum atomic E-state index is 0.0584. The van der Waals surface area contributed by atoms with Crippen LogP contribution in [-0.4, -0.2) is 16.1 Å². The lowest BCUT2D eigenvalue weighted by Gasteiger charge is -2.07. The standard InChI is InChI=1S/C9H12N2O/c12-6-7-5-10-4-3-9(7)11-8-1-2-8/h3-5,8,12H,1-2,6H2,(H,10,11). The van der Waals surface area contributed by atoms with Gasteiger partial charge in [-0.05, 0) is 18.9 Å². The quantitative estimate of drug-likeness (QED) is 0.704. The fourth-order valence-electron chi connectivity index (χ4n) is 1.14. The Labute approximate surface area is 71.4 Å². The average Bonchev–Trinajstić information content (AvgIpc) is 2.89. The SMILES string of the molecule is OCc1cnccc1NC1CC1. The van der Waals surface area contributed by atoms with E-state index in [2.05, 4.69) is 10.3 Å². The monoisotopic (exact) mass is 164 g/mol. The van der Waals surface area contributed by atoms with Crippen LogP contribution in [0, 0.1) is 0 Å². The fourth-order valence-corrected chi connectivity index (χ4v) is 1.14. The number of pyridine rings is 1. The van der Waals surface area contributed by atoms with Crippen LogP contribution >= 0.6 is 0 Å². The van der Waals surface area contributed by atoms with Gasteiger partial charge in [-0.3, -0.25) is 4.98 Å². The Morgan fingerprint density at radius 2 is 2.42 bits per heavy atom. The second-order valence-electron chi connectivity index (χ2n) is 3.11.